The van der Waals surface area contributed by atoms with E-state index in [1.807, 2.05) is 18.2 Å². The highest BCUT2D eigenvalue weighted by atomic mass is 16.2. The average Bonchev–Trinajstić information content (AvgIpc) is 2.75. The van der Waals surface area contributed by atoms with E-state index in [-0.39, 0.29) is 23.0 Å². The lowest BCUT2D eigenvalue weighted by Gasteiger charge is -2.33. The smallest absolute Gasteiger partial charge is 0.259 e. The Labute approximate surface area is 177 Å². The van der Waals surface area contributed by atoms with Crippen LogP contribution in [0.2, 0.25) is 0 Å². The van der Waals surface area contributed by atoms with Crippen LogP contribution < -0.4 is 10.7 Å². The number of rotatable bonds is 6. The lowest BCUT2D eigenvalue weighted by Crippen LogP contribution is -2.42. The quantitative estimate of drug-likeness (QED) is 0.796. The molecule has 2 aromatic rings. The van der Waals surface area contributed by atoms with Crippen LogP contribution in [0.15, 0.2) is 47.5 Å². The van der Waals surface area contributed by atoms with Crippen molar-refractivity contribution in [3.05, 3.63) is 69.6 Å². The zero-order valence-electron chi connectivity index (χ0n) is 18.1. The molecule has 1 aliphatic heterocycles. The molecular formula is C24H31N3O3. The Morgan fingerprint density at radius 3 is 2.50 bits per heavy atom. The molecule has 6 heteroatoms. The Bertz CT molecular complexity index is 950. The highest BCUT2D eigenvalue weighted by Crippen LogP contribution is 2.27. The Balaban J connectivity index is 1.92. The number of piperidine rings is 1. The minimum Gasteiger partial charge on any atom is -0.352 e. The van der Waals surface area contributed by atoms with Crippen LogP contribution >= 0.6 is 0 Å². The van der Waals surface area contributed by atoms with Crippen LogP contribution in [0.25, 0.3) is 0 Å². The van der Waals surface area contributed by atoms with Crippen LogP contribution in [0.3, 0.4) is 0 Å². The molecule has 1 atom stereocenters. The second-order valence-corrected chi connectivity index (χ2v) is 8.37. The maximum atomic E-state index is 13.3. The number of aromatic nitrogens is 1. The van der Waals surface area contributed by atoms with E-state index in [0.717, 1.165) is 12.8 Å². The fraction of sp³-hybridized carbons (Fsp3) is 0.458. The van der Waals surface area contributed by atoms with Gasteiger partial charge in [-0.25, -0.2) is 0 Å². The van der Waals surface area contributed by atoms with Crippen molar-refractivity contribution in [2.45, 2.75) is 46.1 Å². The van der Waals surface area contributed by atoms with Gasteiger partial charge in [-0.2, -0.15) is 0 Å². The molecule has 0 unspecified atom stereocenters. The summed E-state index contributed by atoms with van der Waals surface area (Å²) < 4.78 is 1.79. The fourth-order valence-electron chi connectivity index (χ4n) is 4.06. The number of hydrogen-bond donors (Lipinski definition) is 1. The van der Waals surface area contributed by atoms with Gasteiger partial charge in [0, 0.05) is 44.5 Å². The number of carbonyl (C=O) groups excluding carboxylic acids is 2. The summed E-state index contributed by atoms with van der Waals surface area (Å²) in [5, 5.41) is 2.68. The number of nitrogens with one attached hydrogen (secondary N) is 1. The molecular weight excluding hydrogens is 378 g/mol. The Hall–Kier alpha value is -2.89. The van der Waals surface area contributed by atoms with E-state index in [0.29, 0.717) is 32.1 Å². The van der Waals surface area contributed by atoms with Crippen molar-refractivity contribution in [1.82, 2.24) is 14.8 Å². The summed E-state index contributed by atoms with van der Waals surface area (Å²) in [6, 6.07) is 10.2. The third kappa shape index (κ3) is 4.99. The van der Waals surface area contributed by atoms with Gasteiger partial charge in [-0.1, -0.05) is 44.2 Å². The number of likely N-dealkylation sites (tertiary alicyclic amines) is 1. The van der Waals surface area contributed by atoms with Gasteiger partial charge >= 0.3 is 0 Å². The Morgan fingerprint density at radius 2 is 1.83 bits per heavy atom. The standard InChI is InChI=1S/C24H31N3O3/c1-4-25-23(29)20-15-26(13-17(2)3)16-21(22(20)28)24(30)27-12-8-11-19(14-27)18-9-6-5-7-10-18/h5-7,9-10,15-17,19H,4,8,11-14H2,1-3H3,(H,25,29)/t19-/m0/s1. The molecule has 160 valence electrons. The summed E-state index contributed by atoms with van der Waals surface area (Å²) in [4.78, 5) is 40.6. The number of pyridine rings is 1. The lowest BCUT2D eigenvalue weighted by atomic mass is 9.90. The van der Waals surface area contributed by atoms with Gasteiger partial charge in [0.2, 0.25) is 5.43 Å². The van der Waals surface area contributed by atoms with Crippen molar-refractivity contribution in [1.29, 1.82) is 0 Å². The van der Waals surface area contributed by atoms with Crippen LogP contribution in [-0.4, -0.2) is 40.9 Å². The van der Waals surface area contributed by atoms with Crippen molar-refractivity contribution in [2.24, 2.45) is 5.92 Å². The SMILES string of the molecule is CCNC(=O)c1cn(CC(C)C)cc(C(=O)N2CCC[C@H](c3ccccc3)C2)c1=O. The first-order chi connectivity index (χ1) is 14.4. The predicted molar refractivity (Wildman–Crippen MR) is 118 cm³/mol. The number of amides is 2. The highest BCUT2D eigenvalue weighted by molar-refractivity contribution is 5.99. The molecule has 1 fully saturated rings. The molecule has 0 saturated carbocycles. The van der Waals surface area contributed by atoms with E-state index in [1.54, 1.807) is 28.8 Å². The maximum Gasteiger partial charge on any atom is 0.259 e. The highest BCUT2D eigenvalue weighted by Gasteiger charge is 2.28. The maximum absolute atomic E-state index is 13.3. The van der Waals surface area contributed by atoms with Crippen molar-refractivity contribution in [2.75, 3.05) is 19.6 Å². The molecule has 1 N–H and O–H groups in total. The van der Waals surface area contributed by atoms with Crippen LogP contribution in [0, 0.1) is 5.92 Å². The van der Waals surface area contributed by atoms with Gasteiger partial charge in [-0.05, 0) is 31.2 Å². The van der Waals surface area contributed by atoms with Crippen LogP contribution in [0.4, 0.5) is 0 Å². The van der Waals surface area contributed by atoms with Crippen LogP contribution in [0.1, 0.15) is 65.8 Å². The molecule has 1 aromatic carbocycles. The van der Waals surface area contributed by atoms with Gasteiger partial charge in [0.1, 0.15) is 11.1 Å². The minimum absolute atomic E-state index is 0.0277. The van der Waals surface area contributed by atoms with Crippen LogP contribution in [-0.2, 0) is 6.54 Å². The number of hydrogen-bond acceptors (Lipinski definition) is 3. The molecule has 0 radical (unpaired) electrons. The molecule has 1 saturated heterocycles. The fourth-order valence-corrected chi connectivity index (χ4v) is 4.06. The van der Waals surface area contributed by atoms with Gasteiger partial charge in [-0.15, -0.1) is 0 Å². The van der Waals surface area contributed by atoms with Crippen molar-refractivity contribution < 1.29 is 9.59 Å². The Kier molecular flexibility index (Phi) is 7.08. The first kappa shape index (κ1) is 21.8. The molecule has 2 heterocycles. The molecule has 3 rings (SSSR count). The average molecular weight is 410 g/mol. The van der Waals surface area contributed by atoms with Gasteiger partial charge in [-0.3, -0.25) is 14.4 Å². The Morgan fingerprint density at radius 1 is 1.13 bits per heavy atom. The van der Waals surface area contributed by atoms with E-state index in [9.17, 15) is 14.4 Å². The van der Waals surface area contributed by atoms with Gasteiger partial charge in [0.05, 0.1) is 0 Å². The second-order valence-electron chi connectivity index (χ2n) is 8.37. The van der Waals surface area contributed by atoms with Crippen LogP contribution in [0.5, 0.6) is 0 Å². The summed E-state index contributed by atoms with van der Waals surface area (Å²) in [7, 11) is 0. The van der Waals surface area contributed by atoms with E-state index in [4.69, 9.17) is 0 Å². The molecule has 6 nitrogen and oxygen atoms in total. The van der Waals surface area contributed by atoms with Crippen molar-refractivity contribution >= 4 is 11.8 Å². The van der Waals surface area contributed by atoms with E-state index >= 15 is 0 Å². The van der Waals surface area contributed by atoms with E-state index in [1.165, 1.54) is 5.56 Å². The zero-order chi connectivity index (χ0) is 21.7. The first-order valence-corrected chi connectivity index (χ1v) is 10.8. The summed E-state index contributed by atoms with van der Waals surface area (Å²) in [5.41, 5.74) is 0.823. The topological polar surface area (TPSA) is 71.4 Å². The van der Waals surface area contributed by atoms with Gasteiger partial charge in [0.15, 0.2) is 0 Å². The van der Waals surface area contributed by atoms with Crippen molar-refractivity contribution in [3.63, 3.8) is 0 Å². The molecule has 0 spiro atoms. The zero-order valence-corrected chi connectivity index (χ0v) is 18.1. The third-order valence-electron chi connectivity index (χ3n) is 5.45. The summed E-state index contributed by atoms with van der Waals surface area (Å²) in [6.45, 7) is 8.16. The third-order valence-corrected chi connectivity index (χ3v) is 5.45. The molecule has 0 bridgehead atoms. The normalized spacial score (nSPS) is 16.5. The predicted octanol–water partition coefficient (Wildman–Crippen LogP) is 3.27. The monoisotopic (exact) mass is 409 g/mol. The largest absolute Gasteiger partial charge is 0.352 e. The molecule has 1 aromatic heterocycles. The summed E-state index contributed by atoms with van der Waals surface area (Å²) >= 11 is 0. The minimum atomic E-state index is -0.493. The van der Waals surface area contributed by atoms with E-state index in [2.05, 4.69) is 31.3 Å². The number of carbonyl (C=O) groups is 2. The van der Waals surface area contributed by atoms with Gasteiger partial charge in [0.25, 0.3) is 11.8 Å². The molecule has 30 heavy (non-hydrogen) atoms. The lowest BCUT2D eigenvalue weighted by molar-refractivity contribution is 0.0704. The van der Waals surface area contributed by atoms with Crippen molar-refractivity contribution in [3.8, 4) is 0 Å². The number of nitrogens with zero attached hydrogens (tertiary/aromatic N) is 2. The second kappa shape index (κ2) is 9.74. The first-order valence-electron chi connectivity index (χ1n) is 10.8. The number of benzene rings is 1. The molecule has 2 amide bonds. The molecule has 1 aliphatic rings. The summed E-state index contributed by atoms with van der Waals surface area (Å²) in [5.74, 6) is -0.150. The van der Waals surface area contributed by atoms with E-state index < -0.39 is 11.3 Å². The molecule has 0 aliphatic carbocycles. The van der Waals surface area contributed by atoms with Gasteiger partial charge < -0.3 is 14.8 Å². The summed E-state index contributed by atoms with van der Waals surface area (Å²) in [6.07, 6.45) is 5.08.